The maximum Gasteiger partial charge on any atom is 0.226 e. The first kappa shape index (κ1) is 15.8. The fourth-order valence-corrected chi connectivity index (χ4v) is 2.77. The Balaban J connectivity index is 1.94. The molecule has 2 N–H and O–H groups in total. The van der Waals surface area contributed by atoms with Crippen LogP contribution in [0.15, 0.2) is 24.3 Å². The molecule has 114 valence electrons. The lowest BCUT2D eigenvalue weighted by Gasteiger charge is -2.38. The summed E-state index contributed by atoms with van der Waals surface area (Å²) in [7, 11) is 1.63. The van der Waals surface area contributed by atoms with Crippen molar-refractivity contribution in [2.24, 2.45) is 11.1 Å². The van der Waals surface area contributed by atoms with E-state index in [4.69, 9.17) is 22.7 Å². The Morgan fingerprint density at radius 1 is 1.43 bits per heavy atom. The Morgan fingerprint density at radius 3 is 2.67 bits per heavy atom. The summed E-state index contributed by atoms with van der Waals surface area (Å²) in [5, 5.41) is 0. The minimum absolute atomic E-state index is 0.109. The average molecular weight is 306 g/mol. The van der Waals surface area contributed by atoms with Crippen molar-refractivity contribution in [2.45, 2.75) is 26.2 Å². The van der Waals surface area contributed by atoms with Gasteiger partial charge in [0.05, 0.1) is 18.5 Å². The Bertz CT molecular complexity index is 537. The van der Waals surface area contributed by atoms with Crippen LogP contribution in [0.1, 0.15) is 25.3 Å². The maximum atomic E-state index is 12.4. The standard InChI is InChI=1S/C16H22N2O2S/c1-16(15(17)21)6-8-18(9-7-16)14(19)11-12-4-3-5-13(10-12)20-2/h3-5,10H,6-9,11H2,1-2H3,(H2,17,21). The molecule has 0 unspecified atom stereocenters. The number of rotatable bonds is 4. The third kappa shape index (κ3) is 3.73. The molecule has 2 rings (SSSR count). The van der Waals surface area contributed by atoms with Crippen molar-refractivity contribution in [1.29, 1.82) is 0 Å². The second kappa shape index (κ2) is 6.43. The smallest absolute Gasteiger partial charge is 0.226 e. The van der Waals surface area contributed by atoms with E-state index < -0.39 is 0 Å². The molecule has 1 aromatic carbocycles. The monoisotopic (exact) mass is 306 g/mol. The van der Waals surface area contributed by atoms with Crippen LogP contribution in [-0.2, 0) is 11.2 Å². The third-order valence-electron chi connectivity index (χ3n) is 4.30. The quantitative estimate of drug-likeness (QED) is 0.866. The zero-order valence-corrected chi connectivity index (χ0v) is 13.4. The lowest BCUT2D eigenvalue weighted by Crippen LogP contribution is -2.47. The van der Waals surface area contributed by atoms with Crippen LogP contribution in [-0.4, -0.2) is 36.0 Å². The molecular weight excluding hydrogens is 284 g/mol. The summed E-state index contributed by atoms with van der Waals surface area (Å²) in [6.07, 6.45) is 2.08. The van der Waals surface area contributed by atoms with Crippen LogP contribution in [0.5, 0.6) is 5.75 Å². The van der Waals surface area contributed by atoms with Gasteiger partial charge in [-0.2, -0.15) is 0 Å². The van der Waals surface area contributed by atoms with Gasteiger partial charge in [-0.25, -0.2) is 0 Å². The number of hydrogen-bond acceptors (Lipinski definition) is 3. The van der Waals surface area contributed by atoms with Crippen LogP contribution in [0, 0.1) is 5.41 Å². The van der Waals surface area contributed by atoms with Crippen LogP contribution in [0.2, 0.25) is 0 Å². The number of ether oxygens (including phenoxy) is 1. The van der Waals surface area contributed by atoms with Crippen LogP contribution < -0.4 is 10.5 Å². The van der Waals surface area contributed by atoms with E-state index >= 15 is 0 Å². The summed E-state index contributed by atoms with van der Waals surface area (Å²) in [5.41, 5.74) is 6.66. The fraction of sp³-hybridized carbons (Fsp3) is 0.500. The van der Waals surface area contributed by atoms with Crippen LogP contribution in [0.4, 0.5) is 0 Å². The predicted molar refractivity (Wildman–Crippen MR) is 87.4 cm³/mol. The molecule has 0 aromatic heterocycles. The Kier molecular flexibility index (Phi) is 4.83. The number of amides is 1. The third-order valence-corrected chi connectivity index (χ3v) is 4.80. The van der Waals surface area contributed by atoms with E-state index in [1.165, 1.54) is 0 Å². The zero-order valence-electron chi connectivity index (χ0n) is 12.6. The molecule has 0 atom stereocenters. The van der Waals surface area contributed by atoms with E-state index in [0.29, 0.717) is 11.4 Å². The molecule has 1 saturated heterocycles. The van der Waals surface area contributed by atoms with E-state index in [9.17, 15) is 4.79 Å². The summed E-state index contributed by atoms with van der Waals surface area (Å²) < 4.78 is 5.18. The van der Waals surface area contributed by atoms with Crippen molar-refractivity contribution in [3.8, 4) is 5.75 Å². The molecule has 0 bridgehead atoms. The summed E-state index contributed by atoms with van der Waals surface area (Å²) >= 11 is 5.13. The van der Waals surface area contributed by atoms with Crippen molar-refractivity contribution >= 4 is 23.1 Å². The van der Waals surface area contributed by atoms with Crippen LogP contribution in [0.3, 0.4) is 0 Å². The first-order chi connectivity index (χ1) is 9.94. The van der Waals surface area contributed by atoms with Gasteiger partial charge < -0.3 is 15.4 Å². The number of carbonyl (C=O) groups excluding carboxylic acids is 1. The first-order valence-corrected chi connectivity index (χ1v) is 7.56. The van der Waals surface area contributed by atoms with Crippen LogP contribution in [0.25, 0.3) is 0 Å². The molecule has 1 amide bonds. The number of hydrogen-bond donors (Lipinski definition) is 1. The van der Waals surface area contributed by atoms with Crippen molar-refractivity contribution in [3.63, 3.8) is 0 Å². The zero-order chi connectivity index (χ0) is 15.5. The molecule has 0 radical (unpaired) electrons. The van der Waals surface area contributed by atoms with Gasteiger partial charge in [0.1, 0.15) is 5.75 Å². The molecule has 1 aliphatic rings. The first-order valence-electron chi connectivity index (χ1n) is 7.15. The highest BCUT2D eigenvalue weighted by molar-refractivity contribution is 7.80. The van der Waals surface area contributed by atoms with Gasteiger partial charge in [-0.05, 0) is 30.5 Å². The van der Waals surface area contributed by atoms with Gasteiger partial charge in [-0.3, -0.25) is 4.79 Å². The molecule has 21 heavy (non-hydrogen) atoms. The van der Waals surface area contributed by atoms with E-state index in [1.54, 1.807) is 7.11 Å². The lowest BCUT2D eigenvalue weighted by atomic mass is 9.80. The van der Waals surface area contributed by atoms with E-state index in [1.807, 2.05) is 29.2 Å². The number of methoxy groups -OCH3 is 1. The molecule has 0 saturated carbocycles. The van der Waals surface area contributed by atoms with Crippen molar-refractivity contribution in [1.82, 2.24) is 4.90 Å². The average Bonchev–Trinajstić information content (AvgIpc) is 2.48. The molecule has 1 aromatic rings. The lowest BCUT2D eigenvalue weighted by molar-refractivity contribution is -0.132. The predicted octanol–water partition coefficient (Wildman–Crippen LogP) is 2.15. The minimum atomic E-state index is -0.109. The molecule has 1 heterocycles. The second-order valence-corrected chi connectivity index (χ2v) is 6.27. The Labute approximate surface area is 131 Å². The normalized spacial score (nSPS) is 17.3. The van der Waals surface area contributed by atoms with E-state index in [-0.39, 0.29) is 11.3 Å². The highest BCUT2D eigenvalue weighted by atomic mass is 32.1. The number of piperidine rings is 1. The SMILES string of the molecule is COc1cccc(CC(=O)N2CCC(C)(C(N)=S)CC2)c1. The fourth-order valence-electron chi connectivity index (χ4n) is 2.56. The largest absolute Gasteiger partial charge is 0.497 e. The van der Waals surface area contributed by atoms with Crippen molar-refractivity contribution in [2.75, 3.05) is 20.2 Å². The van der Waals surface area contributed by atoms with Crippen molar-refractivity contribution < 1.29 is 9.53 Å². The molecule has 0 aliphatic carbocycles. The maximum absolute atomic E-state index is 12.4. The number of nitrogens with two attached hydrogens (primary N) is 1. The number of nitrogens with zero attached hydrogens (tertiary/aromatic N) is 1. The van der Waals surface area contributed by atoms with Gasteiger partial charge in [0.25, 0.3) is 0 Å². The molecule has 1 fully saturated rings. The van der Waals surface area contributed by atoms with E-state index in [2.05, 4.69) is 6.92 Å². The van der Waals surface area contributed by atoms with Crippen molar-refractivity contribution in [3.05, 3.63) is 29.8 Å². The summed E-state index contributed by atoms with van der Waals surface area (Å²) in [5.74, 6) is 0.924. The van der Waals surface area contributed by atoms with Gasteiger partial charge in [0.2, 0.25) is 5.91 Å². The Morgan fingerprint density at radius 2 is 2.10 bits per heavy atom. The number of thiocarbonyl (C=S) groups is 1. The van der Waals surface area contributed by atoms with E-state index in [0.717, 1.165) is 37.2 Å². The molecule has 4 nitrogen and oxygen atoms in total. The van der Waals surface area contributed by atoms with Gasteiger partial charge in [0.15, 0.2) is 0 Å². The van der Waals surface area contributed by atoms with Crippen LogP contribution >= 0.6 is 12.2 Å². The topological polar surface area (TPSA) is 55.6 Å². The Hall–Kier alpha value is -1.62. The highest BCUT2D eigenvalue weighted by Crippen LogP contribution is 2.31. The van der Waals surface area contributed by atoms with Gasteiger partial charge >= 0.3 is 0 Å². The summed E-state index contributed by atoms with van der Waals surface area (Å²) in [6, 6.07) is 7.63. The second-order valence-electron chi connectivity index (χ2n) is 5.83. The minimum Gasteiger partial charge on any atom is -0.497 e. The number of benzene rings is 1. The molecule has 1 aliphatic heterocycles. The van der Waals surface area contributed by atoms with Gasteiger partial charge in [-0.1, -0.05) is 31.3 Å². The number of carbonyl (C=O) groups is 1. The molecule has 5 heteroatoms. The summed E-state index contributed by atoms with van der Waals surface area (Å²) in [6.45, 7) is 3.52. The van der Waals surface area contributed by atoms with Gasteiger partial charge in [-0.15, -0.1) is 0 Å². The molecular formula is C16H22N2O2S. The molecule has 0 spiro atoms. The highest BCUT2D eigenvalue weighted by Gasteiger charge is 2.34. The van der Waals surface area contributed by atoms with Gasteiger partial charge in [0, 0.05) is 18.5 Å². The number of likely N-dealkylation sites (tertiary alicyclic amines) is 1. The summed E-state index contributed by atoms with van der Waals surface area (Å²) in [4.78, 5) is 14.8.